The van der Waals surface area contributed by atoms with Crippen molar-refractivity contribution in [3.8, 4) is 5.75 Å². The van der Waals surface area contributed by atoms with Crippen molar-refractivity contribution < 1.29 is 27.9 Å². The molecule has 1 unspecified atom stereocenters. The van der Waals surface area contributed by atoms with Crippen molar-refractivity contribution in [3.05, 3.63) is 58.6 Å². The van der Waals surface area contributed by atoms with Gasteiger partial charge in [0.2, 0.25) is 5.91 Å². The van der Waals surface area contributed by atoms with Gasteiger partial charge in [-0.3, -0.25) is 14.4 Å². The molecular formula is C24H24ClF2N3O4. The Bertz CT molecular complexity index is 1090. The average Bonchev–Trinajstić information content (AvgIpc) is 3.62. The summed E-state index contributed by atoms with van der Waals surface area (Å²) < 4.78 is 29.9. The Hall–Kier alpha value is -3.20. The van der Waals surface area contributed by atoms with Crippen molar-refractivity contribution in [2.24, 2.45) is 5.92 Å². The highest BCUT2D eigenvalue weighted by atomic mass is 35.5. The quantitative estimate of drug-likeness (QED) is 0.603. The molecule has 1 heterocycles. The maximum atomic E-state index is 13.0. The van der Waals surface area contributed by atoms with Gasteiger partial charge in [0.1, 0.15) is 5.75 Å². The number of hydrogen-bond donors (Lipinski definition) is 2. The number of carbonyl (C=O) groups is 3. The van der Waals surface area contributed by atoms with E-state index < -0.39 is 18.4 Å². The summed E-state index contributed by atoms with van der Waals surface area (Å²) in [5.41, 5.74) is 0.804. The van der Waals surface area contributed by atoms with Gasteiger partial charge >= 0.3 is 6.61 Å². The molecule has 1 saturated heterocycles. The fraction of sp³-hybridized carbons (Fsp3) is 0.375. The normalized spacial score (nSPS) is 17.9. The highest BCUT2D eigenvalue weighted by Gasteiger charge is 2.31. The van der Waals surface area contributed by atoms with E-state index in [1.807, 2.05) is 0 Å². The molecule has 0 radical (unpaired) electrons. The van der Waals surface area contributed by atoms with E-state index in [2.05, 4.69) is 15.4 Å². The summed E-state index contributed by atoms with van der Waals surface area (Å²) in [6.45, 7) is -2.50. The second-order valence-electron chi connectivity index (χ2n) is 8.40. The Morgan fingerprint density at radius 3 is 2.53 bits per heavy atom. The number of carbonyl (C=O) groups excluding carboxylic acids is 3. The summed E-state index contributed by atoms with van der Waals surface area (Å²) in [4.78, 5) is 39.5. The van der Waals surface area contributed by atoms with Crippen LogP contribution in [0.25, 0.3) is 0 Å². The highest BCUT2D eigenvalue weighted by Crippen LogP contribution is 2.27. The molecule has 34 heavy (non-hydrogen) atoms. The number of nitrogens with zero attached hydrogens (tertiary/aromatic N) is 1. The van der Waals surface area contributed by atoms with Crippen LogP contribution in [0.2, 0.25) is 5.02 Å². The van der Waals surface area contributed by atoms with Crippen LogP contribution in [0.5, 0.6) is 5.75 Å². The van der Waals surface area contributed by atoms with E-state index in [1.54, 1.807) is 18.2 Å². The molecule has 2 aromatic rings. The van der Waals surface area contributed by atoms with Gasteiger partial charge in [-0.25, -0.2) is 0 Å². The van der Waals surface area contributed by atoms with Gasteiger partial charge in [-0.2, -0.15) is 8.78 Å². The number of benzene rings is 2. The standard InChI is InChI=1S/C24H24ClF2N3O4/c25-19-12-16(9-10-17(19)22(32)28-15-7-8-15)29-21(31)14-4-3-11-30(13-14)23(33)18-5-1-2-6-20(18)34-24(26)27/h1-2,5-6,9-10,12,14-15,24H,3-4,7-8,11,13H2,(H,28,32)(H,29,31). The number of rotatable bonds is 7. The van der Waals surface area contributed by atoms with Crippen molar-refractivity contribution in [3.63, 3.8) is 0 Å². The average molecular weight is 492 g/mol. The molecule has 2 N–H and O–H groups in total. The fourth-order valence-corrected chi connectivity index (χ4v) is 4.17. The van der Waals surface area contributed by atoms with Gasteiger partial charge in [-0.15, -0.1) is 0 Å². The summed E-state index contributed by atoms with van der Waals surface area (Å²) in [6, 6.07) is 10.7. The van der Waals surface area contributed by atoms with E-state index in [0.717, 1.165) is 12.8 Å². The van der Waals surface area contributed by atoms with Crippen molar-refractivity contribution in [1.82, 2.24) is 10.2 Å². The van der Waals surface area contributed by atoms with Crippen molar-refractivity contribution >= 4 is 35.0 Å². The molecule has 2 aliphatic rings. The number of anilines is 1. The number of likely N-dealkylation sites (tertiary alicyclic amines) is 1. The lowest BCUT2D eigenvalue weighted by molar-refractivity contribution is -0.121. The SMILES string of the molecule is O=C(NC1CC1)c1ccc(NC(=O)C2CCCN(C(=O)c3ccccc3OC(F)F)C2)cc1Cl. The molecule has 1 saturated carbocycles. The summed E-state index contributed by atoms with van der Waals surface area (Å²) in [6.07, 6.45) is 3.08. The maximum absolute atomic E-state index is 13.0. The lowest BCUT2D eigenvalue weighted by Gasteiger charge is -2.32. The van der Waals surface area contributed by atoms with Crippen LogP contribution in [0.15, 0.2) is 42.5 Å². The van der Waals surface area contributed by atoms with Gasteiger partial charge in [0.05, 0.1) is 22.1 Å². The zero-order chi connectivity index (χ0) is 24.2. The van der Waals surface area contributed by atoms with Gasteiger partial charge < -0.3 is 20.3 Å². The molecule has 0 aromatic heterocycles. The number of halogens is 3. The topological polar surface area (TPSA) is 87.7 Å². The first-order valence-electron chi connectivity index (χ1n) is 11.1. The van der Waals surface area contributed by atoms with Crippen LogP contribution in [-0.4, -0.2) is 48.4 Å². The molecule has 0 spiro atoms. The number of amides is 3. The Kier molecular flexibility index (Phi) is 7.31. The Balaban J connectivity index is 1.39. The maximum Gasteiger partial charge on any atom is 0.387 e. The molecule has 1 atom stereocenters. The predicted octanol–water partition coefficient (Wildman–Crippen LogP) is 4.32. The number of nitrogens with one attached hydrogen (secondary N) is 2. The van der Waals surface area contributed by atoms with E-state index in [1.165, 1.54) is 29.2 Å². The van der Waals surface area contributed by atoms with E-state index in [-0.39, 0.29) is 40.7 Å². The van der Waals surface area contributed by atoms with Crippen molar-refractivity contribution in [2.75, 3.05) is 18.4 Å². The van der Waals surface area contributed by atoms with Crippen molar-refractivity contribution in [2.45, 2.75) is 38.3 Å². The number of hydrogen-bond acceptors (Lipinski definition) is 4. The Labute approximate surface area is 200 Å². The molecule has 180 valence electrons. The van der Waals surface area contributed by atoms with E-state index in [4.69, 9.17) is 11.6 Å². The van der Waals surface area contributed by atoms with E-state index in [9.17, 15) is 23.2 Å². The summed E-state index contributed by atoms with van der Waals surface area (Å²) in [7, 11) is 0. The zero-order valence-electron chi connectivity index (χ0n) is 18.2. The summed E-state index contributed by atoms with van der Waals surface area (Å²) >= 11 is 6.25. The molecule has 2 aromatic carbocycles. The molecule has 2 fully saturated rings. The molecule has 1 aliphatic heterocycles. The third-order valence-electron chi connectivity index (χ3n) is 5.81. The van der Waals surface area contributed by atoms with Crippen LogP contribution >= 0.6 is 11.6 Å². The molecule has 1 aliphatic carbocycles. The monoisotopic (exact) mass is 491 g/mol. The number of piperidine rings is 1. The molecular weight excluding hydrogens is 468 g/mol. The minimum atomic E-state index is -3.05. The second kappa shape index (κ2) is 10.4. The minimum Gasteiger partial charge on any atom is -0.434 e. The van der Waals surface area contributed by atoms with Gasteiger partial charge in [0.15, 0.2) is 0 Å². The fourth-order valence-electron chi connectivity index (χ4n) is 3.90. The third-order valence-corrected chi connectivity index (χ3v) is 6.12. The van der Waals surface area contributed by atoms with Crippen molar-refractivity contribution in [1.29, 1.82) is 0 Å². The summed E-state index contributed by atoms with van der Waals surface area (Å²) in [5, 5.41) is 5.89. The number of alkyl halides is 2. The van der Waals surface area contributed by atoms with Gasteiger partial charge in [0, 0.05) is 24.8 Å². The Morgan fingerprint density at radius 1 is 1.06 bits per heavy atom. The van der Waals surface area contributed by atoms with Crippen LogP contribution in [0, 0.1) is 5.92 Å². The lowest BCUT2D eigenvalue weighted by atomic mass is 9.96. The predicted molar refractivity (Wildman–Crippen MR) is 122 cm³/mol. The third kappa shape index (κ3) is 5.83. The number of para-hydroxylation sites is 1. The zero-order valence-corrected chi connectivity index (χ0v) is 19.0. The lowest BCUT2D eigenvalue weighted by Crippen LogP contribution is -2.43. The minimum absolute atomic E-state index is 0.0238. The molecule has 3 amide bonds. The molecule has 0 bridgehead atoms. The van der Waals surface area contributed by atoms with Crippen LogP contribution in [0.4, 0.5) is 14.5 Å². The highest BCUT2D eigenvalue weighted by molar-refractivity contribution is 6.34. The molecule has 7 nitrogen and oxygen atoms in total. The van der Waals surface area contributed by atoms with Crippen LogP contribution in [0.3, 0.4) is 0 Å². The first-order chi connectivity index (χ1) is 16.3. The first kappa shape index (κ1) is 23.9. The van der Waals surface area contributed by atoms with Gasteiger partial charge in [-0.1, -0.05) is 23.7 Å². The van der Waals surface area contributed by atoms with Crippen LogP contribution < -0.4 is 15.4 Å². The van der Waals surface area contributed by atoms with E-state index in [0.29, 0.717) is 30.6 Å². The van der Waals surface area contributed by atoms with Crippen LogP contribution in [-0.2, 0) is 4.79 Å². The van der Waals surface area contributed by atoms with Gasteiger partial charge in [-0.05, 0) is 56.0 Å². The smallest absolute Gasteiger partial charge is 0.387 e. The van der Waals surface area contributed by atoms with Crippen LogP contribution in [0.1, 0.15) is 46.4 Å². The molecule has 4 rings (SSSR count). The number of ether oxygens (including phenoxy) is 1. The van der Waals surface area contributed by atoms with E-state index >= 15 is 0 Å². The van der Waals surface area contributed by atoms with Gasteiger partial charge in [0.25, 0.3) is 11.8 Å². The second-order valence-corrected chi connectivity index (χ2v) is 8.80. The molecule has 10 heteroatoms. The summed E-state index contributed by atoms with van der Waals surface area (Å²) in [5.74, 6) is -1.70. The largest absolute Gasteiger partial charge is 0.434 e. The Morgan fingerprint density at radius 2 is 1.82 bits per heavy atom. The first-order valence-corrected chi connectivity index (χ1v) is 11.4.